The van der Waals surface area contributed by atoms with Crippen molar-refractivity contribution < 1.29 is 14.6 Å². The molecule has 1 aliphatic rings. The number of ether oxygens (including phenoxy) is 1. The van der Waals surface area contributed by atoms with Crippen LogP contribution in [0, 0.1) is 12.8 Å². The molecular weight excluding hydrogens is 230 g/mol. The monoisotopic (exact) mass is 249 g/mol. The maximum Gasteiger partial charge on any atom is 0.251 e. The highest BCUT2D eigenvalue weighted by molar-refractivity contribution is 5.94. The summed E-state index contributed by atoms with van der Waals surface area (Å²) in [5, 5.41) is 12.2. The fraction of sp³-hybridized carbons (Fsp3) is 0.500. The van der Waals surface area contributed by atoms with Gasteiger partial charge in [-0.2, -0.15) is 0 Å². The second kappa shape index (κ2) is 5.87. The van der Waals surface area contributed by atoms with E-state index in [0.29, 0.717) is 24.3 Å². The van der Waals surface area contributed by atoms with Crippen molar-refractivity contribution in [1.82, 2.24) is 5.32 Å². The highest BCUT2D eigenvalue weighted by Gasteiger charge is 2.20. The van der Waals surface area contributed by atoms with Gasteiger partial charge in [0.05, 0.1) is 6.61 Å². The molecule has 0 unspecified atom stereocenters. The van der Waals surface area contributed by atoms with Crippen molar-refractivity contribution in [2.75, 3.05) is 19.8 Å². The third kappa shape index (κ3) is 3.74. The summed E-state index contributed by atoms with van der Waals surface area (Å²) < 4.78 is 5.43. The Balaban J connectivity index is 1.70. The molecule has 1 saturated carbocycles. The predicted octanol–water partition coefficient (Wildman–Crippen LogP) is 1.86. The number of carbonyl (C=O) groups excluding carboxylic acids is 1. The summed E-state index contributed by atoms with van der Waals surface area (Å²) >= 11 is 0. The second-order valence-corrected chi connectivity index (χ2v) is 4.78. The first-order chi connectivity index (χ1) is 8.66. The zero-order valence-corrected chi connectivity index (χ0v) is 10.6. The molecule has 0 bridgehead atoms. The van der Waals surface area contributed by atoms with Gasteiger partial charge in [0.2, 0.25) is 0 Å². The first kappa shape index (κ1) is 12.9. The van der Waals surface area contributed by atoms with Gasteiger partial charge in [0.25, 0.3) is 5.91 Å². The lowest BCUT2D eigenvalue weighted by Crippen LogP contribution is -2.27. The predicted molar refractivity (Wildman–Crippen MR) is 68.7 cm³/mol. The molecule has 0 aromatic heterocycles. The molecule has 98 valence electrons. The molecule has 0 atom stereocenters. The minimum Gasteiger partial charge on any atom is -0.508 e. The summed E-state index contributed by atoms with van der Waals surface area (Å²) in [5.74, 6) is 0.827. The number of amides is 1. The van der Waals surface area contributed by atoms with Gasteiger partial charge in [-0.05, 0) is 49.4 Å². The van der Waals surface area contributed by atoms with Gasteiger partial charge in [0.1, 0.15) is 5.75 Å². The summed E-state index contributed by atoms with van der Waals surface area (Å²) in [6.07, 6.45) is 2.55. The minimum absolute atomic E-state index is 0.131. The van der Waals surface area contributed by atoms with Gasteiger partial charge in [0.15, 0.2) is 0 Å². The van der Waals surface area contributed by atoms with E-state index in [1.807, 2.05) is 0 Å². The van der Waals surface area contributed by atoms with Crippen molar-refractivity contribution in [2.24, 2.45) is 5.92 Å². The Kier molecular flexibility index (Phi) is 4.20. The van der Waals surface area contributed by atoms with Crippen LogP contribution in [-0.4, -0.2) is 30.8 Å². The van der Waals surface area contributed by atoms with E-state index in [9.17, 15) is 9.90 Å². The van der Waals surface area contributed by atoms with Crippen LogP contribution in [0.1, 0.15) is 28.8 Å². The maximum absolute atomic E-state index is 11.8. The average Bonchev–Trinajstić information content (AvgIpc) is 3.16. The van der Waals surface area contributed by atoms with E-state index in [-0.39, 0.29) is 11.7 Å². The summed E-state index contributed by atoms with van der Waals surface area (Å²) in [5.41, 5.74) is 1.26. The maximum atomic E-state index is 11.8. The van der Waals surface area contributed by atoms with Gasteiger partial charge >= 0.3 is 0 Å². The Bertz CT molecular complexity index is 427. The van der Waals surface area contributed by atoms with Crippen LogP contribution in [-0.2, 0) is 4.74 Å². The van der Waals surface area contributed by atoms with Crippen LogP contribution in [0.3, 0.4) is 0 Å². The highest BCUT2D eigenvalue weighted by atomic mass is 16.5. The molecule has 0 aliphatic heterocycles. The number of aromatic hydroxyl groups is 1. The van der Waals surface area contributed by atoms with Crippen molar-refractivity contribution in [3.8, 4) is 5.75 Å². The van der Waals surface area contributed by atoms with Gasteiger partial charge in [-0.3, -0.25) is 4.79 Å². The lowest BCUT2D eigenvalue weighted by Gasteiger charge is -2.07. The average molecular weight is 249 g/mol. The molecule has 0 heterocycles. The van der Waals surface area contributed by atoms with Gasteiger partial charge in [-0.1, -0.05) is 0 Å². The smallest absolute Gasteiger partial charge is 0.251 e. The quantitative estimate of drug-likeness (QED) is 0.756. The molecule has 0 spiro atoms. The molecule has 1 amide bonds. The minimum atomic E-state index is -0.131. The standard InChI is InChI=1S/C14H19NO3/c1-10-8-12(4-5-13(10)16)14(17)15-6-7-18-9-11-2-3-11/h4-5,8,11,16H,2-3,6-7,9H2,1H3,(H,15,17). The van der Waals surface area contributed by atoms with Gasteiger partial charge in [-0.25, -0.2) is 0 Å². The first-order valence-corrected chi connectivity index (χ1v) is 6.32. The normalized spacial score (nSPS) is 14.5. The van der Waals surface area contributed by atoms with E-state index < -0.39 is 0 Å². The fourth-order valence-corrected chi connectivity index (χ4v) is 1.67. The van der Waals surface area contributed by atoms with E-state index in [1.165, 1.54) is 18.9 Å². The molecule has 2 rings (SSSR count). The number of aryl methyl sites for hydroxylation is 1. The van der Waals surface area contributed by atoms with Crippen LogP contribution < -0.4 is 5.32 Å². The molecule has 18 heavy (non-hydrogen) atoms. The van der Waals surface area contributed by atoms with Crippen LogP contribution in [0.15, 0.2) is 18.2 Å². The third-order valence-electron chi connectivity index (χ3n) is 3.04. The number of phenolic OH excluding ortho intramolecular Hbond substituents is 1. The molecule has 1 aromatic carbocycles. The van der Waals surface area contributed by atoms with Gasteiger partial charge < -0.3 is 15.2 Å². The molecule has 2 N–H and O–H groups in total. The largest absolute Gasteiger partial charge is 0.508 e. The molecular formula is C14H19NO3. The Morgan fingerprint density at radius 2 is 2.28 bits per heavy atom. The molecule has 0 saturated heterocycles. The van der Waals surface area contributed by atoms with Crippen LogP contribution in [0.2, 0.25) is 0 Å². The number of benzene rings is 1. The highest BCUT2D eigenvalue weighted by Crippen LogP contribution is 2.28. The third-order valence-corrected chi connectivity index (χ3v) is 3.04. The van der Waals surface area contributed by atoms with Crippen molar-refractivity contribution in [3.63, 3.8) is 0 Å². The first-order valence-electron chi connectivity index (χ1n) is 6.32. The fourth-order valence-electron chi connectivity index (χ4n) is 1.67. The molecule has 4 heteroatoms. The van der Waals surface area contributed by atoms with E-state index in [1.54, 1.807) is 19.1 Å². The van der Waals surface area contributed by atoms with Crippen LogP contribution >= 0.6 is 0 Å². The Morgan fingerprint density at radius 1 is 1.50 bits per heavy atom. The van der Waals surface area contributed by atoms with E-state index in [4.69, 9.17) is 4.74 Å². The molecule has 1 aliphatic carbocycles. The number of phenols is 1. The number of carbonyl (C=O) groups is 1. The summed E-state index contributed by atoms with van der Waals surface area (Å²) in [7, 11) is 0. The SMILES string of the molecule is Cc1cc(C(=O)NCCOCC2CC2)ccc1O. The van der Waals surface area contributed by atoms with Crippen LogP contribution in [0.25, 0.3) is 0 Å². The number of rotatable bonds is 6. The zero-order valence-electron chi connectivity index (χ0n) is 10.6. The van der Waals surface area contributed by atoms with Crippen molar-refractivity contribution in [3.05, 3.63) is 29.3 Å². The molecule has 1 aromatic rings. The topological polar surface area (TPSA) is 58.6 Å². The van der Waals surface area contributed by atoms with E-state index in [2.05, 4.69) is 5.32 Å². The Hall–Kier alpha value is -1.55. The van der Waals surface area contributed by atoms with Crippen molar-refractivity contribution in [1.29, 1.82) is 0 Å². The number of hydrogen-bond acceptors (Lipinski definition) is 3. The molecule has 4 nitrogen and oxygen atoms in total. The van der Waals surface area contributed by atoms with Gasteiger partial charge in [-0.15, -0.1) is 0 Å². The second-order valence-electron chi connectivity index (χ2n) is 4.78. The molecule has 0 radical (unpaired) electrons. The zero-order chi connectivity index (χ0) is 13.0. The van der Waals surface area contributed by atoms with E-state index >= 15 is 0 Å². The lowest BCUT2D eigenvalue weighted by atomic mass is 10.1. The van der Waals surface area contributed by atoms with E-state index in [0.717, 1.165) is 12.5 Å². The Labute approximate surface area is 107 Å². The van der Waals surface area contributed by atoms with Crippen molar-refractivity contribution in [2.45, 2.75) is 19.8 Å². The van der Waals surface area contributed by atoms with Crippen molar-refractivity contribution >= 4 is 5.91 Å². The van der Waals surface area contributed by atoms with Crippen LogP contribution in [0.5, 0.6) is 5.75 Å². The number of nitrogens with one attached hydrogen (secondary N) is 1. The number of hydrogen-bond donors (Lipinski definition) is 2. The van der Waals surface area contributed by atoms with Crippen LogP contribution in [0.4, 0.5) is 0 Å². The lowest BCUT2D eigenvalue weighted by molar-refractivity contribution is 0.0906. The molecule has 1 fully saturated rings. The summed E-state index contributed by atoms with van der Waals surface area (Å²) in [6.45, 7) is 3.66. The van der Waals surface area contributed by atoms with Gasteiger partial charge in [0, 0.05) is 18.7 Å². The Morgan fingerprint density at radius 3 is 2.94 bits per heavy atom. The summed E-state index contributed by atoms with van der Waals surface area (Å²) in [4.78, 5) is 11.8. The summed E-state index contributed by atoms with van der Waals surface area (Å²) in [6, 6.07) is 4.83.